The third-order valence-corrected chi connectivity index (χ3v) is 2.50. The van der Waals surface area contributed by atoms with Crippen molar-refractivity contribution in [3.63, 3.8) is 0 Å². The number of hydrogen-bond acceptors (Lipinski definition) is 4. The lowest BCUT2D eigenvalue weighted by Crippen LogP contribution is -2.04. The van der Waals surface area contributed by atoms with Gasteiger partial charge in [0.2, 0.25) is 0 Å². The maximum Gasteiger partial charge on any atom is 0.338 e. The molecule has 0 aromatic heterocycles. The van der Waals surface area contributed by atoms with Gasteiger partial charge in [-0.15, -0.1) is 0 Å². The van der Waals surface area contributed by atoms with Gasteiger partial charge in [0.05, 0.1) is 18.8 Å². The van der Waals surface area contributed by atoms with Crippen LogP contribution >= 0.6 is 11.8 Å². The van der Waals surface area contributed by atoms with Crippen LogP contribution < -0.4 is 4.74 Å². The number of carbonyl (C=O) groups is 1. The highest BCUT2D eigenvalue weighted by Gasteiger charge is 2.05. The zero-order valence-electron chi connectivity index (χ0n) is 9.56. The van der Waals surface area contributed by atoms with E-state index >= 15 is 0 Å². The average molecular weight is 240 g/mol. The number of carbonyl (C=O) groups excluding carboxylic acids is 1. The average Bonchev–Trinajstić information content (AvgIpc) is 2.30. The highest BCUT2D eigenvalue weighted by atomic mass is 32.2. The summed E-state index contributed by atoms with van der Waals surface area (Å²) in [5.74, 6) is 1.44. The molecule has 1 aromatic rings. The Bertz CT molecular complexity index is 322. The number of ether oxygens (including phenoxy) is 2. The van der Waals surface area contributed by atoms with E-state index in [1.807, 2.05) is 6.26 Å². The molecule has 88 valence electrons. The second kappa shape index (κ2) is 7.17. The maximum absolute atomic E-state index is 11.3. The number of hydrogen-bond donors (Lipinski definition) is 0. The molecule has 0 heterocycles. The van der Waals surface area contributed by atoms with Gasteiger partial charge in [0, 0.05) is 5.75 Å². The topological polar surface area (TPSA) is 35.5 Å². The highest BCUT2D eigenvalue weighted by Crippen LogP contribution is 2.13. The molecule has 0 bridgehead atoms. The molecule has 0 unspecified atom stereocenters. The van der Waals surface area contributed by atoms with Gasteiger partial charge in [0.25, 0.3) is 0 Å². The van der Waals surface area contributed by atoms with Crippen LogP contribution in [0.5, 0.6) is 5.75 Å². The lowest BCUT2D eigenvalue weighted by atomic mass is 10.2. The Morgan fingerprint density at radius 3 is 2.56 bits per heavy atom. The predicted molar refractivity (Wildman–Crippen MR) is 66.3 cm³/mol. The summed E-state index contributed by atoms with van der Waals surface area (Å²) in [7, 11) is 0. The molecule has 0 saturated heterocycles. The van der Waals surface area contributed by atoms with Crippen molar-refractivity contribution < 1.29 is 14.3 Å². The number of rotatable bonds is 6. The first kappa shape index (κ1) is 12.9. The molecule has 1 aromatic carbocycles. The van der Waals surface area contributed by atoms with E-state index in [2.05, 4.69) is 0 Å². The molecule has 0 aliphatic rings. The van der Waals surface area contributed by atoms with Crippen LogP contribution in [0.3, 0.4) is 0 Å². The first-order chi connectivity index (χ1) is 7.77. The smallest absolute Gasteiger partial charge is 0.338 e. The molecular formula is C12H16O3S. The first-order valence-corrected chi connectivity index (χ1v) is 6.56. The van der Waals surface area contributed by atoms with Gasteiger partial charge in [-0.3, -0.25) is 0 Å². The van der Waals surface area contributed by atoms with Crippen molar-refractivity contribution in [2.45, 2.75) is 6.92 Å². The molecule has 0 aliphatic heterocycles. The standard InChI is InChI=1S/C12H16O3S/c1-3-14-12(13)10-4-6-11(7-5-10)15-8-9-16-2/h4-7H,3,8-9H2,1-2H3. The predicted octanol–water partition coefficient (Wildman–Crippen LogP) is 2.61. The van der Waals surface area contributed by atoms with Crippen molar-refractivity contribution in [3.05, 3.63) is 29.8 Å². The van der Waals surface area contributed by atoms with Crippen LogP contribution in [0.1, 0.15) is 17.3 Å². The summed E-state index contributed by atoms with van der Waals surface area (Å²) in [4.78, 5) is 11.3. The molecule has 0 fully saturated rings. The summed E-state index contributed by atoms with van der Waals surface area (Å²) >= 11 is 1.74. The zero-order valence-corrected chi connectivity index (χ0v) is 10.4. The van der Waals surface area contributed by atoms with E-state index in [9.17, 15) is 4.79 Å². The monoisotopic (exact) mass is 240 g/mol. The van der Waals surface area contributed by atoms with Gasteiger partial charge in [0.1, 0.15) is 5.75 Å². The molecule has 0 radical (unpaired) electrons. The third kappa shape index (κ3) is 4.14. The minimum absolute atomic E-state index is 0.293. The van der Waals surface area contributed by atoms with Crippen molar-refractivity contribution in [1.82, 2.24) is 0 Å². The Kier molecular flexibility index (Phi) is 5.78. The van der Waals surface area contributed by atoms with E-state index in [1.54, 1.807) is 43.0 Å². The van der Waals surface area contributed by atoms with E-state index in [0.717, 1.165) is 11.5 Å². The molecule has 0 atom stereocenters. The van der Waals surface area contributed by atoms with Gasteiger partial charge in [-0.05, 0) is 37.4 Å². The fraction of sp³-hybridized carbons (Fsp3) is 0.417. The second-order valence-electron chi connectivity index (χ2n) is 3.09. The van der Waals surface area contributed by atoms with Gasteiger partial charge in [-0.2, -0.15) is 11.8 Å². The summed E-state index contributed by atoms with van der Waals surface area (Å²) in [6, 6.07) is 7.00. The van der Waals surface area contributed by atoms with E-state index in [1.165, 1.54) is 0 Å². The van der Waals surface area contributed by atoms with Gasteiger partial charge in [-0.25, -0.2) is 4.79 Å². The Labute approximate surface area is 100 Å². The van der Waals surface area contributed by atoms with Crippen LogP contribution in [0, 0.1) is 0 Å². The molecule has 16 heavy (non-hydrogen) atoms. The van der Waals surface area contributed by atoms with Crippen molar-refractivity contribution in [3.8, 4) is 5.75 Å². The Morgan fingerprint density at radius 2 is 2.00 bits per heavy atom. The normalized spacial score (nSPS) is 9.88. The van der Waals surface area contributed by atoms with Crippen molar-refractivity contribution in [2.75, 3.05) is 25.2 Å². The summed E-state index contributed by atoms with van der Waals surface area (Å²) in [6.45, 7) is 2.86. The van der Waals surface area contributed by atoms with E-state index in [-0.39, 0.29) is 5.97 Å². The first-order valence-electron chi connectivity index (χ1n) is 5.17. The third-order valence-electron chi connectivity index (χ3n) is 1.92. The fourth-order valence-electron chi connectivity index (χ4n) is 1.14. The second-order valence-corrected chi connectivity index (χ2v) is 4.07. The number of benzene rings is 1. The maximum atomic E-state index is 11.3. The van der Waals surface area contributed by atoms with Crippen LogP contribution in [0.4, 0.5) is 0 Å². The van der Waals surface area contributed by atoms with Crippen molar-refractivity contribution >= 4 is 17.7 Å². The lowest BCUT2D eigenvalue weighted by Gasteiger charge is -2.06. The Morgan fingerprint density at radius 1 is 1.31 bits per heavy atom. The van der Waals surface area contributed by atoms with E-state index < -0.39 is 0 Å². The van der Waals surface area contributed by atoms with Crippen LogP contribution in [0.25, 0.3) is 0 Å². The number of thioether (sulfide) groups is 1. The fourth-order valence-corrected chi connectivity index (χ4v) is 1.39. The van der Waals surface area contributed by atoms with Gasteiger partial charge in [0.15, 0.2) is 0 Å². The Balaban J connectivity index is 2.50. The van der Waals surface area contributed by atoms with Crippen LogP contribution in [0.15, 0.2) is 24.3 Å². The molecule has 0 saturated carbocycles. The van der Waals surface area contributed by atoms with Crippen molar-refractivity contribution in [1.29, 1.82) is 0 Å². The zero-order chi connectivity index (χ0) is 11.8. The van der Waals surface area contributed by atoms with Crippen LogP contribution in [-0.2, 0) is 4.74 Å². The minimum Gasteiger partial charge on any atom is -0.493 e. The summed E-state index contributed by atoms with van der Waals surface area (Å²) in [6.07, 6.45) is 2.03. The molecule has 0 N–H and O–H groups in total. The number of esters is 1. The summed E-state index contributed by atoms with van der Waals surface area (Å²) in [5, 5.41) is 0. The quantitative estimate of drug-likeness (QED) is 0.565. The SMILES string of the molecule is CCOC(=O)c1ccc(OCCSC)cc1. The molecule has 0 amide bonds. The van der Waals surface area contributed by atoms with Crippen LogP contribution in [0.2, 0.25) is 0 Å². The summed E-state index contributed by atoms with van der Waals surface area (Å²) < 4.78 is 10.4. The van der Waals surface area contributed by atoms with E-state index in [0.29, 0.717) is 18.8 Å². The largest absolute Gasteiger partial charge is 0.493 e. The molecule has 0 spiro atoms. The van der Waals surface area contributed by atoms with Gasteiger partial charge < -0.3 is 9.47 Å². The highest BCUT2D eigenvalue weighted by molar-refractivity contribution is 7.98. The molecule has 1 rings (SSSR count). The Hall–Kier alpha value is -1.16. The minimum atomic E-state index is -0.293. The summed E-state index contributed by atoms with van der Waals surface area (Å²) in [5.41, 5.74) is 0.555. The molecular weight excluding hydrogens is 224 g/mol. The molecule has 4 heteroatoms. The van der Waals surface area contributed by atoms with Gasteiger partial charge in [-0.1, -0.05) is 0 Å². The van der Waals surface area contributed by atoms with Crippen LogP contribution in [-0.4, -0.2) is 31.2 Å². The molecule has 3 nitrogen and oxygen atoms in total. The van der Waals surface area contributed by atoms with E-state index in [4.69, 9.17) is 9.47 Å². The van der Waals surface area contributed by atoms with Crippen molar-refractivity contribution in [2.24, 2.45) is 0 Å². The van der Waals surface area contributed by atoms with Gasteiger partial charge >= 0.3 is 5.97 Å². The molecule has 0 aliphatic carbocycles. The lowest BCUT2D eigenvalue weighted by molar-refractivity contribution is 0.0526.